The third-order valence-electron chi connectivity index (χ3n) is 3.80. The summed E-state index contributed by atoms with van der Waals surface area (Å²) in [6, 6.07) is 8.08. The van der Waals surface area contributed by atoms with Gasteiger partial charge < -0.3 is 10.2 Å². The van der Waals surface area contributed by atoms with Gasteiger partial charge in [0.2, 0.25) is 0 Å². The Morgan fingerprint density at radius 3 is 2.36 bits per heavy atom. The molecular weight excluding hydrogens is 284 g/mol. The van der Waals surface area contributed by atoms with Gasteiger partial charge >= 0.3 is 5.97 Å². The molecule has 0 saturated carbocycles. The van der Waals surface area contributed by atoms with Crippen LogP contribution in [0, 0.1) is 5.41 Å². The number of rotatable bonds is 5. The lowest BCUT2D eigenvalue weighted by Gasteiger charge is -2.34. The zero-order valence-electron chi connectivity index (χ0n) is 12.0. The Morgan fingerprint density at radius 2 is 1.82 bits per heavy atom. The topological polar surface area (TPSA) is 91.7 Å². The van der Waals surface area contributed by atoms with Crippen LogP contribution >= 0.6 is 0 Å². The molecule has 0 aliphatic heterocycles. The number of aliphatic hydroxyl groups is 1. The lowest BCUT2D eigenvalue weighted by molar-refractivity contribution is -0.135. The average Bonchev–Trinajstić information content (AvgIpc) is 2.54. The first-order valence-corrected chi connectivity index (χ1v) is 6.89. The van der Waals surface area contributed by atoms with Crippen molar-refractivity contribution in [2.45, 2.75) is 19.4 Å². The number of allylic oxidation sites excluding steroid dienone is 2. The number of hydrogen-bond acceptors (Lipinski definition) is 4. The van der Waals surface area contributed by atoms with E-state index in [2.05, 4.69) is 0 Å². The quantitative estimate of drug-likeness (QED) is 0.639. The smallest absolute Gasteiger partial charge is 0.334 e. The molecule has 2 rings (SSSR count). The molecule has 0 fully saturated rings. The lowest BCUT2D eigenvalue weighted by Crippen LogP contribution is -2.50. The van der Waals surface area contributed by atoms with Crippen molar-refractivity contribution in [3.8, 4) is 0 Å². The van der Waals surface area contributed by atoms with Crippen LogP contribution < -0.4 is 0 Å². The van der Waals surface area contributed by atoms with Gasteiger partial charge in [0.15, 0.2) is 11.6 Å². The molecule has 0 radical (unpaired) electrons. The minimum Gasteiger partial charge on any atom is -0.478 e. The highest BCUT2D eigenvalue weighted by Gasteiger charge is 2.52. The fraction of sp³-hybridized carbons (Fsp3) is 0.235. The molecule has 1 aliphatic carbocycles. The van der Waals surface area contributed by atoms with E-state index in [4.69, 9.17) is 5.11 Å². The maximum atomic E-state index is 12.8. The van der Waals surface area contributed by atoms with Gasteiger partial charge in [-0.25, -0.2) is 4.79 Å². The summed E-state index contributed by atoms with van der Waals surface area (Å²) in [5, 5.41) is 19.6. The Hall–Kier alpha value is -2.53. The molecule has 0 bridgehead atoms. The van der Waals surface area contributed by atoms with E-state index in [1.165, 1.54) is 30.4 Å². The molecule has 22 heavy (non-hydrogen) atoms. The van der Waals surface area contributed by atoms with Crippen LogP contribution in [0.2, 0.25) is 0 Å². The summed E-state index contributed by atoms with van der Waals surface area (Å²) in [7, 11) is 0. The minimum atomic E-state index is -1.89. The Morgan fingerprint density at radius 1 is 1.18 bits per heavy atom. The van der Waals surface area contributed by atoms with Crippen molar-refractivity contribution in [3.63, 3.8) is 0 Å². The van der Waals surface area contributed by atoms with E-state index in [0.29, 0.717) is 0 Å². The van der Waals surface area contributed by atoms with Crippen molar-refractivity contribution < 1.29 is 24.6 Å². The predicted molar refractivity (Wildman–Crippen MR) is 79.4 cm³/mol. The molecular formula is C17H16O5. The van der Waals surface area contributed by atoms with Gasteiger partial charge in [0.05, 0.1) is 5.57 Å². The van der Waals surface area contributed by atoms with Crippen molar-refractivity contribution in [1.29, 1.82) is 0 Å². The highest BCUT2D eigenvalue weighted by atomic mass is 16.4. The number of ketones is 2. The Bertz CT molecular complexity index is 672. The molecule has 114 valence electrons. The number of aliphatic carboxylic acids is 1. The van der Waals surface area contributed by atoms with Gasteiger partial charge in [-0.3, -0.25) is 9.59 Å². The molecule has 2 N–H and O–H groups in total. The Kier molecular flexibility index (Phi) is 4.37. The van der Waals surface area contributed by atoms with Crippen LogP contribution in [-0.4, -0.2) is 33.9 Å². The zero-order chi connectivity index (χ0) is 16.3. The summed E-state index contributed by atoms with van der Waals surface area (Å²) in [6.07, 6.45) is 2.13. The second kappa shape index (κ2) is 6.07. The molecule has 0 amide bonds. The molecule has 1 aromatic rings. The molecule has 5 heteroatoms. The summed E-state index contributed by atoms with van der Waals surface area (Å²) in [5.41, 5.74) is -2.01. The number of benzene rings is 1. The van der Waals surface area contributed by atoms with Gasteiger partial charge in [-0.1, -0.05) is 49.4 Å². The van der Waals surface area contributed by atoms with Crippen molar-refractivity contribution in [3.05, 3.63) is 59.7 Å². The van der Waals surface area contributed by atoms with Gasteiger partial charge in [0, 0.05) is 12.0 Å². The molecule has 1 aromatic carbocycles. The molecule has 2 atom stereocenters. The van der Waals surface area contributed by atoms with Crippen LogP contribution in [0.15, 0.2) is 54.1 Å². The maximum Gasteiger partial charge on any atom is 0.334 e. The second-order valence-corrected chi connectivity index (χ2v) is 5.03. The molecule has 0 spiro atoms. The summed E-state index contributed by atoms with van der Waals surface area (Å²) in [5.74, 6) is -2.47. The van der Waals surface area contributed by atoms with Crippen LogP contribution in [0.3, 0.4) is 0 Å². The van der Waals surface area contributed by atoms with Crippen molar-refractivity contribution >= 4 is 17.5 Å². The summed E-state index contributed by atoms with van der Waals surface area (Å²) < 4.78 is 0. The van der Waals surface area contributed by atoms with Gasteiger partial charge in [-0.15, -0.1) is 0 Å². The van der Waals surface area contributed by atoms with E-state index >= 15 is 0 Å². The molecule has 0 saturated heterocycles. The second-order valence-electron chi connectivity index (χ2n) is 5.03. The molecule has 1 aliphatic rings. The largest absolute Gasteiger partial charge is 0.478 e. The third-order valence-corrected chi connectivity index (χ3v) is 3.80. The monoisotopic (exact) mass is 300 g/mol. The van der Waals surface area contributed by atoms with Crippen LogP contribution in [-0.2, 0) is 9.59 Å². The van der Waals surface area contributed by atoms with E-state index in [-0.39, 0.29) is 17.6 Å². The first-order valence-electron chi connectivity index (χ1n) is 6.89. The number of Topliss-reactive ketones (excluding diaryl/α,β-unsaturated/α-hetero) is 2. The van der Waals surface area contributed by atoms with E-state index < -0.39 is 29.1 Å². The first kappa shape index (κ1) is 15.9. The van der Waals surface area contributed by atoms with Crippen LogP contribution in [0.4, 0.5) is 0 Å². The highest BCUT2D eigenvalue weighted by molar-refractivity contribution is 6.18. The van der Waals surface area contributed by atoms with E-state index in [9.17, 15) is 19.5 Å². The number of carbonyl (C=O) groups excluding carboxylic acids is 2. The number of carboxylic acid groups (broad SMARTS) is 1. The van der Waals surface area contributed by atoms with Gasteiger partial charge in [-0.2, -0.15) is 0 Å². The van der Waals surface area contributed by atoms with E-state index in [1.54, 1.807) is 25.1 Å². The van der Waals surface area contributed by atoms with Gasteiger partial charge in [-0.05, 0) is 6.08 Å². The lowest BCUT2D eigenvalue weighted by atomic mass is 9.67. The first-order chi connectivity index (χ1) is 10.4. The fourth-order valence-electron chi connectivity index (χ4n) is 2.61. The molecule has 5 nitrogen and oxygen atoms in total. The Labute approximate surface area is 127 Å². The number of carboxylic acids is 1. The number of carbonyl (C=O) groups is 3. The maximum absolute atomic E-state index is 12.8. The van der Waals surface area contributed by atoms with Crippen LogP contribution in [0.1, 0.15) is 23.7 Å². The number of hydrogen-bond donors (Lipinski definition) is 2. The van der Waals surface area contributed by atoms with Crippen molar-refractivity contribution in [2.24, 2.45) is 5.41 Å². The molecule has 0 heterocycles. The van der Waals surface area contributed by atoms with Gasteiger partial charge in [0.25, 0.3) is 0 Å². The normalized spacial score (nSPS) is 23.7. The highest BCUT2D eigenvalue weighted by Crippen LogP contribution is 2.37. The third kappa shape index (κ3) is 2.40. The standard InChI is InChI=1S/C17H16O5/c1-2-13(18)17(14(19)11-7-4-3-5-8-11)10-6-9-12(15(17)20)16(21)22/h3-10,15,20H,2H2,1H3,(H,21,22). The zero-order valence-corrected chi connectivity index (χ0v) is 12.0. The van der Waals surface area contributed by atoms with Crippen molar-refractivity contribution in [2.75, 3.05) is 0 Å². The predicted octanol–water partition coefficient (Wildman–Crippen LogP) is 1.78. The SMILES string of the molecule is CCC(=O)C1(C(=O)c2ccccc2)C=CC=C(C(=O)O)C1O. The fourth-order valence-corrected chi connectivity index (χ4v) is 2.61. The average molecular weight is 300 g/mol. The van der Waals surface area contributed by atoms with Crippen LogP contribution in [0.5, 0.6) is 0 Å². The Balaban J connectivity index is 2.59. The van der Waals surface area contributed by atoms with E-state index in [1.807, 2.05) is 0 Å². The van der Waals surface area contributed by atoms with Crippen molar-refractivity contribution in [1.82, 2.24) is 0 Å². The van der Waals surface area contributed by atoms with E-state index in [0.717, 1.165) is 0 Å². The number of aliphatic hydroxyl groups excluding tert-OH is 1. The summed E-state index contributed by atoms with van der Waals surface area (Å²) in [4.78, 5) is 36.5. The molecule has 0 aromatic heterocycles. The minimum absolute atomic E-state index is 0.00682. The summed E-state index contributed by atoms with van der Waals surface area (Å²) >= 11 is 0. The van der Waals surface area contributed by atoms with Gasteiger partial charge in [0.1, 0.15) is 11.5 Å². The molecule has 2 unspecified atom stereocenters. The van der Waals surface area contributed by atoms with Crippen LogP contribution in [0.25, 0.3) is 0 Å². The summed E-state index contributed by atoms with van der Waals surface area (Å²) in [6.45, 7) is 1.57.